The summed E-state index contributed by atoms with van der Waals surface area (Å²) in [6, 6.07) is 10.2. The molecule has 4 nitrogen and oxygen atoms in total. The second-order valence-electron chi connectivity index (χ2n) is 6.87. The van der Waals surface area contributed by atoms with E-state index in [1.165, 1.54) is 4.90 Å². The average Bonchev–Trinajstić information content (AvgIpc) is 2.59. The van der Waals surface area contributed by atoms with Crippen LogP contribution >= 0.6 is 11.8 Å². The van der Waals surface area contributed by atoms with Crippen LogP contribution in [0.4, 0.5) is 0 Å². The van der Waals surface area contributed by atoms with Crippen molar-refractivity contribution in [3.8, 4) is 0 Å². The van der Waals surface area contributed by atoms with E-state index in [4.69, 9.17) is 4.84 Å². The van der Waals surface area contributed by atoms with Gasteiger partial charge in [0.15, 0.2) is 0 Å². The van der Waals surface area contributed by atoms with Crippen LogP contribution in [0.1, 0.15) is 52.9 Å². The number of hydrogen-bond donors (Lipinski definition) is 0. The minimum absolute atomic E-state index is 0.00932. The maximum atomic E-state index is 12.7. The summed E-state index contributed by atoms with van der Waals surface area (Å²) < 4.78 is 0. The van der Waals surface area contributed by atoms with Gasteiger partial charge in [0.05, 0.1) is 5.71 Å². The molecule has 1 saturated carbocycles. The minimum Gasteiger partial charge on any atom is -0.396 e. The van der Waals surface area contributed by atoms with Crippen LogP contribution in [0.3, 0.4) is 0 Å². The van der Waals surface area contributed by atoms with Gasteiger partial charge < -0.3 is 4.84 Å². The molecule has 0 spiro atoms. The Morgan fingerprint density at radius 2 is 1.85 bits per heavy atom. The van der Waals surface area contributed by atoms with Gasteiger partial charge in [0.25, 0.3) is 0 Å². The fourth-order valence-electron chi connectivity index (χ4n) is 3.49. The lowest BCUT2D eigenvalue weighted by Gasteiger charge is -2.28. The summed E-state index contributed by atoms with van der Waals surface area (Å²) in [5.74, 6) is -0.535. The Morgan fingerprint density at radius 1 is 1.19 bits per heavy atom. The number of carbonyl (C=O) groups excluding carboxylic acids is 2. The van der Waals surface area contributed by atoms with Crippen LogP contribution in [-0.2, 0) is 14.4 Å². The SMILES string of the molecule is CCCC(=NOCC)C1C(=O)CC(CC(C)Sc2ccccc2)CC1=O. The summed E-state index contributed by atoms with van der Waals surface area (Å²) in [5, 5.41) is 4.44. The first-order chi connectivity index (χ1) is 12.5. The largest absolute Gasteiger partial charge is 0.396 e. The van der Waals surface area contributed by atoms with Crippen LogP contribution in [0.15, 0.2) is 40.4 Å². The molecule has 142 valence electrons. The van der Waals surface area contributed by atoms with Gasteiger partial charge in [-0.25, -0.2) is 0 Å². The van der Waals surface area contributed by atoms with Crippen molar-refractivity contribution < 1.29 is 14.4 Å². The second kappa shape index (κ2) is 10.5. The Bertz CT molecular complexity index is 611. The number of nitrogens with zero attached hydrogens (tertiary/aromatic N) is 1. The summed E-state index contributed by atoms with van der Waals surface area (Å²) in [4.78, 5) is 31.7. The van der Waals surface area contributed by atoms with Gasteiger partial charge in [0, 0.05) is 23.0 Å². The van der Waals surface area contributed by atoms with E-state index in [9.17, 15) is 9.59 Å². The third kappa shape index (κ3) is 5.97. The van der Waals surface area contributed by atoms with Crippen LogP contribution < -0.4 is 0 Å². The number of ketones is 2. The zero-order valence-electron chi connectivity index (χ0n) is 15.9. The van der Waals surface area contributed by atoms with E-state index in [2.05, 4.69) is 24.2 Å². The van der Waals surface area contributed by atoms with Crippen molar-refractivity contribution >= 4 is 29.0 Å². The summed E-state index contributed by atoms with van der Waals surface area (Å²) in [6.45, 7) is 6.47. The smallest absolute Gasteiger partial charge is 0.149 e. The maximum Gasteiger partial charge on any atom is 0.149 e. The maximum absolute atomic E-state index is 12.7. The molecule has 2 rings (SSSR count). The molecule has 1 aliphatic rings. The highest BCUT2D eigenvalue weighted by molar-refractivity contribution is 7.99. The number of carbonyl (C=O) groups is 2. The average molecular weight is 376 g/mol. The van der Waals surface area contributed by atoms with Crippen molar-refractivity contribution in [1.82, 2.24) is 0 Å². The topological polar surface area (TPSA) is 55.7 Å². The molecule has 1 atom stereocenters. The van der Waals surface area contributed by atoms with E-state index in [1.807, 2.05) is 32.0 Å². The van der Waals surface area contributed by atoms with Gasteiger partial charge in [0.2, 0.25) is 0 Å². The van der Waals surface area contributed by atoms with Crippen LogP contribution in [0, 0.1) is 11.8 Å². The van der Waals surface area contributed by atoms with Gasteiger partial charge in [-0.05, 0) is 37.8 Å². The van der Waals surface area contributed by atoms with Gasteiger partial charge in [-0.15, -0.1) is 11.8 Å². The van der Waals surface area contributed by atoms with Gasteiger partial charge in [0.1, 0.15) is 24.1 Å². The molecule has 0 heterocycles. The number of rotatable bonds is 9. The quantitative estimate of drug-likeness (QED) is 0.266. The molecular weight excluding hydrogens is 346 g/mol. The van der Waals surface area contributed by atoms with Crippen molar-refractivity contribution in [2.24, 2.45) is 17.0 Å². The first-order valence-corrected chi connectivity index (χ1v) is 10.4. The highest BCUT2D eigenvalue weighted by Gasteiger charge is 2.39. The Hall–Kier alpha value is -1.62. The Kier molecular flexibility index (Phi) is 8.36. The Labute approximate surface area is 160 Å². The van der Waals surface area contributed by atoms with E-state index in [1.54, 1.807) is 11.8 Å². The number of thioether (sulfide) groups is 1. The van der Waals surface area contributed by atoms with Gasteiger partial charge >= 0.3 is 0 Å². The lowest BCUT2D eigenvalue weighted by molar-refractivity contribution is -0.134. The molecule has 0 N–H and O–H groups in total. The monoisotopic (exact) mass is 375 g/mol. The van der Waals surface area contributed by atoms with Crippen molar-refractivity contribution in [2.75, 3.05) is 6.61 Å². The fraction of sp³-hybridized carbons (Fsp3) is 0.571. The van der Waals surface area contributed by atoms with Crippen molar-refractivity contribution in [1.29, 1.82) is 0 Å². The highest BCUT2D eigenvalue weighted by Crippen LogP contribution is 2.33. The van der Waals surface area contributed by atoms with Crippen LogP contribution in [0.5, 0.6) is 0 Å². The summed E-state index contributed by atoms with van der Waals surface area (Å²) in [5.41, 5.74) is 0.606. The number of Topliss-reactive ketones (excluding diaryl/α,β-unsaturated/α-hetero) is 2. The summed E-state index contributed by atoms with van der Waals surface area (Å²) in [7, 11) is 0. The molecule has 0 amide bonds. The molecule has 1 unspecified atom stereocenters. The number of hydrogen-bond acceptors (Lipinski definition) is 5. The molecule has 1 fully saturated rings. The van der Waals surface area contributed by atoms with E-state index in [-0.39, 0.29) is 17.5 Å². The molecule has 1 aromatic carbocycles. The molecule has 0 radical (unpaired) electrons. The van der Waals surface area contributed by atoms with Crippen LogP contribution in [0.2, 0.25) is 0 Å². The predicted molar refractivity (Wildman–Crippen MR) is 107 cm³/mol. The highest BCUT2D eigenvalue weighted by atomic mass is 32.2. The molecule has 26 heavy (non-hydrogen) atoms. The predicted octanol–water partition coefficient (Wildman–Crippen LogP) is 4.91. The van der Waals surface area contributed by atoms with Crippen LogP contribution in [-0.4, -0.2) is 29.1 Å². The molecule has 5 heteroatoms. The number of benzene rings is 1. The van der Waals surface area contributed by atoms with Gasteiger partial charge in [-0.1, -0.05) is 43.6 Å². The lowest BCUT2D eigenvalue weighted by atomic mass is 9.75. The van der Waals surface area contributed by atoms with Crippen LogP contribution in [0.25, 0.3) is 0 Å². The zero-order valence-corrected chi connectivity index (χ0v) is 16.8. The molecule has 0 aromatic heterocycles. The molecule has 1 aliphatic carbocycles. The normalized spacial score (nSPS) is 22.3. The van der Waals surface area contributed by atoms with E-state index < -0.39 is 5.92 Å². The fourth-order valence-corrected chi connectivity index (χ4v) is 4.64. The zero-order chi connectivity index (χ0) is 18.9. The first kappa shape index (κ1) is 20.7. The minimum atomic E-state index is -0.685. The molecule has 1 aromatic rings. The van der Waals surface area contributed by atoms with Crippen molar-refractivity contribution in [3.63, 3.8) is 0 Å². The van der Waals surface area contributed by atoms with Crippen molar-refractivity contribution in [2.45, 2.75) is 63.0 Å². The van der Waals surface area contributed by atoms with E-state index in [0.717, 1.165) is 12.8 Å². The van der Waals surface area contributed by atoms with E-state index in [0.29, 0.717) is 36.8 Å². The van der Waals surface area contributed by atoms with E-state index >= 15 is 0 Å². The Balaban J connectivity index is 1.96. The lowest BCUT2D eigenvalue weighted by Crippen LogP contribution is -2.39. The molecular formula is C21H29NO3S. The van der Waals surface area contributed by atoms with Gasteiger partial charge in [-0.3, -0.25) is 9.59 Å². The molecule has 0 aliphatic heterocycles. The third-order valence-corrected chi connectivity index (χ3v) is 5.66. The third-order valence-electron chi connectivity index (χ3n) is 4.52. The number of oxime groups is 1. The standard InChI is InChI=1S/C21H29NO3S/c1-4-9-18(22-25-5-2)21-19(23)13-16(14-20(21)24)12-15(3)26-17-10-7-6-8-11-17/h6-8,10-11,15-16,21H,4-5,9,12-14H2,1-3H3. The molecule has 0 saturated heterocycles. The second-order valence-corrected chi connectivity index (χ2v) is 8.38. The first-order valence-electron chi connectivity index (χ1n) is 9.50. The van der Waals surface area contributed by atoms with Crippen molar-refractivity contribution in [3.05, 3.63) is 30.3 Å². The van der Waals surface area contributed by atoms with Gasteiger partial charge in [-0.2, -0.15) is 0 Å². The Morgan fingerprint density at radius 3 is 2.42 bits per heavy atom. The summed E-state index contributed by atoms with van der Waals surface area (Å²) in [6.07, 6.45) is 3.27. The molecule has 0 bridgehead atoms. The summed E-state index contributed by atoms with van der Waals surface area (Å²) >= 11 is 1.80.